The van der Waals surface area contributed by atoms with Crippen molar-refractivity contribution in [3.8, 4) is 0 Å². The first-order valence-corrected chi connectivity index (χ1v) is 11.0. The highest BCUT2D eigenvalue weighted by molar-refractivity contribution is 5.10. The summed E-state index contributed by atoms with van der Waals surface area (Å²) in [5.74, 6) is 0.569. The zero-order valence-corrected chi connectivity index (χ0v) is 17.6. The SMILES string of the molecule is CC(C)(C)c1ccc(=O)n(CC2CCN(CCN3CCCCCC3)CC2)n1. The van der Waals surface area contributed by atoms with Crippen LogP contribution in [0, 0.1) is 5.92 Å². The molecule has 0 amide bonds. The number of rotatable bonds is 5. The van der Waals surface area contributed by atoms with Gasteiger partial charge in [0.15, 0.2) is 0 Å². The van der Waals surface area contributed by atoms with E-state index in [1.54, 1.807) is 10.7 Å². The second-order valence-electron chi connectivity index (χ2n) is 9.53. The molecule has 2 aliphatic rings. The van der Waals surface area contributed by atoms with Crippen LogP contribution in [0.3, 0.4) is 0 Å². The molecule has 0 bridgehead atoms. The first kappa shape index (κ1) is 20.5. The second kappa shape index (κ2) is 9.33. The number of hydrogen-bond donors (Lipinski definition) is 0. The molecule has 152 valence electrons. The molecule has 0 radical (unpaired) electrons. The van der Waals surface area contributed by atoms with Crippen LogP contribution in [0.25, 0.3) is 0 Å². The van der Waals surface area contributed by atoms with Crippen LogP contribution in [-0.4, -0.2) is 58.8 Å². The lowest BCUT2D eigenvalue weighted by atomic mass is 9.92. The maximum absolute atomic E-state index is 12.2. The summed E-state index contributed by atoms with van der Waals surface area (Å²) in [6, 6.07) is 3.56. The van der Waals surface area contributed by atoms with Crippen LogP contribution in [0.5, 0.6) is 0 Å². The standard InChI is InChI=1S/C22H38N4O/c1-22(2,3)20-8-9-21(27)26(23-20)18-19-10-14-25(15-11-19)17-16-24-12-6-4-5-7-13-24/h8-9,19H,4-7,10-18H2,1-3H3. The van der Waals surface area contributed by atoms with Crippen molar-refractivity contribution >= 4 is 0 Å². The molecule has 1 aromatic heterocycles. The molecule has 3 heterocycles. The van der Waals surface area contributed by atoms with Gasteiger partial charge in [-0.05, 0) is 63.8 Å². The summed E-state index contributed by atoms with van der Waals surface area (Å²) in [6.07, 6.45) is 7.91. The van der Waals surface area contributed by atoms with Gasteiger partial charge in [0.05, 0.1) is 5.69 Å². The van der Waals surface area contributed by atoms with Gasteiger partial charge in [-0.2, -0.15) is 5.10 Å². The minimum Gasteiger partial charge on any atom is -0.302 e. The monoisotopic (exact) mass is 374 g/mol. The Hall–Kier alpha value is -1.20. The summed E-state index contributed by atoms with van der Waals surface area (Å²) in [4.78, 5) is 17.5. The topological polar surface area (TPSA) is 41.4 Å². The van der Waals surface area contributed by atoms with E-state index in [0.717, 1.165) is 25.3 Å². The third-order valence-corrected chi connectivity index (χ3v) is 6.20. The van der Waals surface area contributed by atoms with Crippen LogP contribution in [0.4, 0.5) is 0 Å². The molecule has 27 heavy (non-hydrogen) atoms. The minimum absolute atomic E-state index is 0.0217. The predicted molar refractivity (Wildman–Crippen MR) is 111 cm³/mol. The van der Waals surface area contributed by atoms with Gasteiger partial charge in [-0.15, -0.1) is 0 Å². The van der Waals surface area contributed by atoms with Crippen LogP contribution >= 0.6 is 0 Å². The maximum atomic E-state index is 12.2. The lowest BCUT2D eigenvalue weighted by Gasteiger charge is -2.33. The molecule has 5 heteroatoms. The number of nitrogens with zero attached hydrogens (tertiary/aromatic N) is 4. The average molecular weight is 375 g/mol. The zero-order valence-electron chi connectivity index (χ0n) is 17.6. The van der Waals surface area contributed by atoms with Crippen LogP contribution in [0.1, 0.15) is 65.0 Å². The summed E-state index contributed by atoms with van der Waals surface area (Å²) in [7, 11) is 0. The molecule has 2 fully saturated rings. The molecule has 0 unspecified atom stereocenters. The van der Waals surface area contributed by atoms with Crippen LogP contribution < -0.4 is 5.56 Å². The maximum Gasteiger partial charge on any atom is 0.266 e. The molecule has 0 saturated carbocycles. The molecular weight excluding hydrogens is 336 g/mol. The molecule has 2 aliphatic heterocycles. The van der Waals surface area contributed by atoms with Crippen LogP contribution in [0.2, 0.25) is 0 Å². The summed E-state index contributed by atoms with van der Waals surface area (Å²) in [5, 5.41) is 4.65. The van der Waals surface area contributed by atoms with Gasteiger partial charge in [-0.3, -0.25) is 4.79 Å². The van der Waals surface area contributed by atoms with Gasteiger partial charge in [0.25, 0.3) is 5.56 Å². The fourth-order valence-corrected chi connectivity index (χ4v) is 4.26. The molecule has 3 rings (SSSR count). The number of likely N-dealkylation sites (tertiary alicyclic amines) is 2. The van der Waals surface area contributed by atoms with E-state index >= 15 is 0 Å². The van der Waals surface area contributed by atoms with Crippen molar-refractivity contribution in [1.29, 1.82) is 0 Å². The largest absolute Gasteiger partial charge is 0.302 e. The van der Waals surface area contributed by atoms with Gasteiger partial charge in [0.2, 0.25) is 0 Å². The Morgan fingerprint density at radius 3 is 2.11 bits per heavy atom. The lowest BCUT2D eigenvalue weighted by Crippen LogP contribution is -2.41. The molecule has 0 spiro atoms. The van der Waals surface area contributed by atoms with Crippen molar-refractivity contribution in [1.82, 2.24) is 19.6 Å². The van der Waals surface area contributed by atoms with E-state index in [9.17, 15) is 4.79 Å². The summed E-state index contributed by atoms with van der Waals surface area (Å²) < 4.78 is 1.71. The number of piperidine rings is 1. The van der Waals surface area contributed by atoms with E-state index < -0.39 is 0 Å². The van der Waals surface area contributed by atoms with Gasteiger partial charge < -0.3 is 9.80 Å². The van der Waals surface area contributed by atoms with Crippen LogP contribution in [0.15, 0.2) is 16.9 Å². The van der Waals surface area contributed by atoms with Gasteiger partial charge in [-0.1, -0.05) is 33.6 Å². The fraction of sp³-hybridized carbons (Fsp3) is 0.818. The molecule has 0 N–H and O–H groups in total. The number of hydrogen-bond acceptors (Lipinski definition) is 4. The molecular formula is C22H38N4O. The Morgan fingerprint density at radius 1 is 0.926 bits per heavy atom. The Morgan fingerprint density at radius 2 is 1.52 bits per heavy atom. The zero-order chi connectivity index (χ0) is 19.3. The van der Waals surface area contributed by atoms with E-state index in [-0.39, 0.29) is 11.0 Å². The highest BCUT2D eigenvalue weighted by atomic mass is 16.1. The highest BCUT2D eigenvalue weighted by Gasteiger charge is 2.22. The van der Waals surface area contributed by atoms with Crippen molar-refractivity contribution in [2.45, 2.75) is 71.3 Å². The van der Waals surface area contributed by atoms with Gasteiger partial charge in [-0.25, -0.2) is 4.68 Å². The Bertz CT molecular complexity index is 632. The van der Waals surface area contributed by atoms with Crippen molar-refractivity contribution in [2.75, 3.05) is 39.3 Å². The highest BCUT2D eigenvalue weighted by Crippen LogP contribution is 2.21. The van der Waals surface area contributed by atoms with Crippen molar-refractivity contribution in [3.05, 3.63) is 28.2 Å². The van der Waals surface area contributed by atoms with Gasteiger partial charge >= 0.3 is 0 Å². The molecule has 0 aromatic carbocycles. The Labute approximate surface area is 164 Å². The van der Waals surface area contributed by atoms with Gasteiger partial charge in [0, 0.05) is 31.1 Å². The Balaban J connectivity index is 1.46. The number of aromatic nitrogens is 2. The van der Waals surface area contributed by atoms with Crippen molar-refractivity contribution < 1.29 is 0 Å². The fourth-order valence-electron chi connectivity index (χ4n) is 4.26. The second-order valence-corrected chi connectivity index (χ2v) is 9.53. The lowest BCUT2D eigenvalue weighted by molar-refractivity contribution is 0.147. The third kappa shape index (κ3) is 6.15. The van der Waals surface area contributed by atoms with E-state index in [4.69, 9.17) is 0 Å². The van der Waals surface area contributed by atoms with E-state index in [1.165, 1.54) is 64.7 Å². The summed E-state index contributed by atoms with van der Waals surface area (Å²) >= 11 is 0. The first-order chi connectivity index (χ1) is 12.9. The molecule has 2 saturated heterocycles. The van der Waals surface area contributed by atoms with Crippen LogP contribution in [-0.2, 0) is 12.0 Å². The quantitative estimate of drug-likeness (QED) is 0.794. The summed E-state index contributed by atoms with van der Waals surface area (Å²) in [6.45, 7) is 14.5. The minimum atomic E-state index is -0.0217. The first-order valence-electron chi connectivity index (χ1n) is 11.0. The average Bonchev–Trinajstić information content (AvgIpc) is 2.91. The van der Waals surface area contributed by atoms with Crippen molar-refractivity contribution in [3.63, 3.8) is 0 Å². The molecule has 0 aliphatic carbocycles. The third-order valence-electron chi connectivity index (χ3n) is 6.20. The van der Waals surface area contributed by atoms with E-state index in [0.29, 0.717) is 5.92 Å². The van der Waals surface area contributed by atoms with Crippen molar-refractivity contribution in [2.24, 2.45) is 5.92 Å². The molecule has 1 aromatic rings. The Kier molecular flexibility index (Phi) is 7.10. The molecule has 0 atom stereocenters. The molecule has 5 nitrogen and oxygen atoms in total. The normalized spacial score (nSPS) is 21.3. The van der Waals surface area contributed by atoms with Gasteiger partial charge in [0.1, 0.15) is 0 Å². The predicted octanol–water partition coefficient (Wildman–Crippen LogP) is 3.13. The van der Waals surface area contributed by atoms with E-state index in [2.05, 4.69) is 35.7 Å². The summed E-state index contributed by atoms with van der Waals surface area (Å²) in [5.41, 5.74) is 1.01. The van der Waals surface area contributed by atoms with E-state index in [1.807, 2.05) is 6.07 Å². The smallest absolute Gasteiger partial charge is 0.266 e.